The molecule has 0 aromatic carbocycles. The van der Waals surface area contributed by atoms with Gasteiger partial charge in [-0.25, -0.2) is 0 Å². The molecule has 0 unspecified atom stereocenters. The third kappa shape index (κ3) is 12.3. The summed E-state index contributed by atoms with van der Waals surface area (Å²) >= 11 is 0. The Morgan fingerprint density at radius 2 is 0.750 bits per heavy atom. The van der Waals surface area contributed by atoms with Gasteiger partial charge in [0.2, 0.25) is 0 Å². The molecule has 0 saturated carbocycles. The summed E-state index contributed by atoms with van der Waals surface area (Å²) in [6, 6.07) is 0. The lowest BCUT2D eigenvalue weighted by Crippen LogP contribution is -2.12. The fraction of sp³-hybridized carbons (Fsp3) is 1.00. The topological polar surface area (TPSA) is 104 Å². The van der Waals surface area contributed by atoms with E-state index in [9.17, 15) is 0 Å². The van der Waals surface area contributed by atoms with E-state index in [2.05, 4.69) is 0 Å². The molecule has 0 amide bonds. The van der Waals surface area contributed by atoms with Crippen LogP contribution in [0.1, 0.15) is 51.4 Å². The molecule has 0 aliphatic heterocycles. The van der Waals surface area contributed by atoms with Gasteiger partial charge in [-0.1, -0.05) is 21.6 Å². The quantitative estimate of drug-likeness (QED) is 0.344. The van der Waals surface area contributed by atoms with Crippen LogP contribution in [-0.4, -0.2) is 36.7 Å². The highest BCUT2D eigenvalue weighted by molar-refractivity contribution is 8.77. The molecule has 0 fully saturated rings. The molecule has 20 heavy (non-hydrogen) atoms. The highest BCUT2D eigenvalue weighted by Gasteiger charge is 2.14. The molecule has 0 radical (unpaired) electrons. The highest BCUT2D eigenvalue weighted by atomic mass is 33.1. The Bertz CT molecular complexity index is 160. The first-order valence-electron chi connectivity index (χ1n) is 7.90. The second-order valence-corrected chi connectivity index (χ2v) is 8.03. The van der Waals surface area contributed by atoms with Crippen molar-refractivity contribution in [2.24, 2.45) is 22.9 Å². The summed E-state index contributed by atoms with van der Waals surface area (Å²) in [5, 5.41) is 1.37. The molecule has 4 nitrogen and oxygen atoms in total. The Hall–Kier alpha value is 0.540. The van der Waals surface area contributed by atoms with Crippen LogP contribution in [0, 0.1) is 0 Å². The second kappa shape index (κ2) is 15.9. The predicted molar refractivity (Wildman–Crippen MR) is 95.9 cm³/mol. The maximum Gasteiger partial charge on any atom is 0.0152 e. The Balaban J connectivity index is 4.05. The number of hydrogen-bond donors (Lipinski definition) is 4. The number of rotatable bonds is 15. The standard InChI is InChI=1S/C14H34N4S2/c15-9-1-5-13(6-2-10-16)19-20-14(7-3-11-17)8-4-12-18/h13-14H,1-12,15-18H2. The van der Waals surface area contributed by atoms with Crippen LogP contribution < -0.4 is 22.9 Å². The fourth-order valence-corrected chi connectivity index (χ4v) is 5.48. The van der Waals surface area contributed by atoms with Crippen molar-refractivity contribution in [3.05, 3.63) is 0 Å². The molecule has 0 aromatic heterocycles. The first kappa shape index (κ1) is 20.5. The minimum Gasteiger partial charge on any atom is -0.330 e. The fourth-order valence-electron chi connectivity index (χ4n) is 2.02. The normalized spacial score (nSPS) is 11.7. The lowest BCUT2D eigenvalue weighted by molar-refractivity contribution is 0.636. The summed E-state index contributed by atoms with van der Waals surface area (Å²) in [7, 11) is 4.07. The zero-order valence-electron chi connectivity index (χ0n) is 12.8. The molecule has 0 aromatic rings. The van der Waals surface area contributed by atoms with Crippen LogP contribution in [0.15, 0.2) is 0 Å². The van der Waals surface area contributed by atoms with Crippen LogP contribution in [0.2, 0.25) is 0 Å². The van der Waals surface area contributed by atoms with Crippen molar-refractivity contribution in [1.82, 2.24) is 0 Å². The zero-order chi connectivity index (χ0) is 15.1. The van der Waals surface area contributed by atoms with E-state index in [1.165, 1.54) is 25.7 Å². The molecule has 0 heterocycles. The van der Waals surface area contributed by atoms with Gasteiger partial charge in [0.15, 0.2) is 0 Å². The molecule has 0 atom stereocenters. The summed E-state index contributed by atoms with van der Waals surface area (Å²) in [6.45, 7) is 3.14. The van der Waals surface area contributed by atoms with Gasteiger partial charge in [-0.15, -0.1) is 0 Å². The lowest BCUT2D eigenvalue weighted by atomic mass is 10.1. The van der Waals surface area contributed by atoms with E-state index in [0.717, 1.165) is 51.9 Å². The van der Waals surface area contributed by atoms with Crippen molar-refractivity contribution < 1.29 is 0 Å². The Morgan fingerprint density at radius 3 is 0.950 bits per heavy atom. The van der Waals surface area contributed by atoms with Crippen molar-refractivity contribution in [2.75, 3.05) is 26.2 Å². The van der Waals surface area contributed by atoms with E-state index in [-0.39, 0.29) is 0 Å². The average molecular weight is 323 g/mol. The summed E-state index contributed by atoms with van der Waals surface area (Å²) < 4.78 is 0. The van der Waals surface area contributed by atoms with Crippen LogP contribution in [0.25, 0.3) is 0 Å². The van der Waals surface area contributed by atoms with Crippen LogP contribution in [0.3, 0.4) is 0 Å². The van der Waals surface area contributed by atoms with Gasteiger partial charge in [0, 0.05) is 10.5 Å². The van der Waals surface area contributed by atoms with Crippen LogP contribution in [0.5, 0.6) is 0 Å². The van der Waals surface area contributed by atoms with E-state index in [4.69, 9.17) is 22.9 Å². The van der Waals surface area contributed by atoms with Gasteiger partial charge in [0.05, 0.1) is 0 Å². The Kier molecular flexibility index (Phi) is 16.3. The minimum atomic E-state index is 0.686. The van der Waals surface area contributed by atoms with Gasteiger partial charge in [-0.05, 0) is 77.5 Å². The molecule has 122 valence electrons. The first-order chi connectivity index (χ1) is 9.78. The molecule has 8 N–H and O–H groups in total. The van der Waals surface area contributed by atoms with Gasteiger partial charge >= 0.3 is 0 Å². The van der Waals surface area contributed by atoms with Crippen molar-refractivity contribution in [1.29, 1.82) is 0 Å². The highest BCUT2D eigenvalue weighted by Crippen LogP contribution is 2.38. The average Bonchev–Trinajstić information content (AvgIpc) is 2.48. The SMILES string of the molecule is NCCCC(CCCN)SSC(CCCN)CCCN. The van der Waals surface area contributed by atoms with E-state index >= 15 is 0 Å². The van der Waals surface area contributed by atoms with Gasteiger partial charge in [0.1, 0.15) is 0 Å². The lowest BCUT2D eigenvalue weighted by Gasteiger charge is -2.20. The maximum atomic E-state index is 5.62. The molecule has 0 aliphatic rings. The summed E-state index contributed by atoms with van der Waals surface area (Å²) in [4.78, 5) is 0. The second-order valence-electron chi connectivity index (χ2n) is 5.16. The molecule has 0 aliphatic carbocycles. The van der Waals surface area contributed by atoms with Gasteiger partial charge < -0.3 is 22.9 Å². The first-order valence-corrected chi connectivity index (χ1v) is 10.2. The van der Waals surface area contributed by atoms with Crippen molar-refractivity contribution >= 4 is 21.6 Å². The maximum absolute atomic E-state index is 5.62. The molecule has 0 spiro atoms. The van der Waals surface area contributed by atoms with Crippen LogP contribution in [0.4, 0.5) is 0 Å². The molecular weight excluding hydrogens is 288 g/mol. The minimum absolute atomic E-state index is 0.686. The van der Waals surface area contributed by atoms with Crippen LogP contribution in [-0.2, 0) is 0 Å². The molecule has 0 rings (SSSR count). The Morgan fingerprint density at radius 1 is 0.500 bits per heavy atom. The molecule has 0 bridgehead atoms. The van der Waals surface area contributed by atoms with Crippen molar-refractivity contribution in [2.45, 2.75) is 61.9 Å². The smallest absolute Gasteiger partial charge is 0.0152 e. The summed E-state index contributed by atoms with van der Waals surface area (Å²) in [6.07, 6.45) is 9.25. The molecular formula is C14H34N4S2. The Labute approximate surface area is 132 Å². The van der Waals surface area contributed by atoms with E-state index < -0.39 is 0 Å². The number of nitrogens with two attached hydrogens (primary N) is 4. The number of hydrogen-bond acceptors (Lipinski definition) is 6. The van der Waals surface area contributed by atoms with Gasteiger partial charge in [-0.3, -0.25) is 0 Å². The predicted octanol–water partition coefficient (Wildman–Crippen LogP) is 2.06. The van der Waals surface area contributed by atoms with E-state index in [1.807, 2.05) is 21.6 Å². The van der Waals surface area contributed by atoms with E-state index in [0.29, 0.717) is 10.5 Å². The van der Waals surface area contributed by atoms with Crippen LogP contribution >= 0.6 is 21.6 Å². The van der Waals surface area contributed by atoms with Gasteiger partial charge in [-0.2, -0.15) is 0 Å². The monoisotopic (exact) mass is 322 g/mol. The zero-order valence-corrected chi connectivity index (χ0v) is 14.4. The van der Waals surface area contributed by atoms with Gasteiger partial charge in [0.25, 0.3) is 0 Å². The molecule has 6 heteroatoms. The largest absolute Gasteiger partial charge is 0.330 e. The third-order valence-electron chi connectivity index (χ3n) is 3.25. The van der Waals surface area contributed by atoms with Crippen molar-refractivity contribution in [3.63, 3.8) is 0 Å². The van der Waals surface area contributed by atoms with Crippen molar-refractivity contribution in [3.8, 4) is 0 Å². The summed E-state index contributed by atoms with van der Waals surface area (Å²) in [5.41, 5.74) is 22.5. The third-order valence-corrected chi connectivity index (χ3v) is 6.81. The van der Waals surface area contributed by atoms with E-state index in [1.54, 1.807) is 0 Å². The summed E-state index contributed by atoms with van der Waals surface area (Å²) in [5.74, 6) is 0. The molecule has 0 saturated heterocycles.